The van der Waals surface area contributed by atoms with Crippen LogP contribution >= 0.6 is 0 Å². The molecule has 0 amide bonds. The molecule has 6 heteroatoms. The van der Waals surface area contributed by atoms with Gasteiger partial charge in [-0.2, -0.15) is 0 Å². The highest BCUT2D eigenvalue weighted by Crippen LogP contribution is 2.01. The molecule has 0 aliphatic rings. The van der Waals surface area contributed by atoms with E-state index in [2.05, 4.69) is 4.74 Å². The maximum Gasteiger partial charge on any atom is 0.319 e. The summed E-state index contributed by atoms with van der Waals surface area (Å²) in [6.45, 7) is -0.971. The van der Waals surface area contributed by atoms with Crippen LogP contribution in [-0.4, -0.2) is 25.0 Å². The van der Waals surface area contributed by atoms with Gasteiger partial charge < -0.3 is 4.74 Å². The van der Waals surface area contributed by atoms with Crippen molar-refractivity contribution in [2.45, 2.75) is 19.3 Å². The number of esters is 2. The lowest BCUT2D eigenvalue weighted by atomic mass is 10.4. The molecular formula is C6H7F3O3. The molecule has 0 heterocycles. The first-order chi connectivity index (χ1) is 5.56. The number of carbonyl (C=O) groups is 2. The molecule has 0 saturated heterocycles. The normalized spacial score (nSPS) is 10.0. The second kappa shape index (κ2) is 5.56. The lowest BCUT2D eigenvalue weighted by molar-refractivity contribution is -0.161. The van der Waals surface area contributed by atoms with Crippen molar-refractivity contribution in [1.82, 2.24) is 0 Å². The van der Waals surface area contributed by atoms with E-state index in [1.165, 1.54) is 0 Å². The van der Waals surface area contributed by atoms with Gasteiger partial charge >= 0.3 is 11.9 Å². The molecule has 0 aliphatic carbocycles. The van der Waals surface area contributed by atoms with Crippen molar-refractivity contribution in [2.75, 3.05) is 6.67 Å². The van der Waals surface area contributed by atoms with Crippen molar-refractivity contribution < 1.29 is 27.5 Å². The van der Waals surface area contributed by atoms with Crippen molar-refractivity contribution in [3.05, 3.63) is 0 Å². The molecule has 0 aromatic heterocycles. The summed E-state index contributed by atoms with van der Waals surface area (Å²) in [5, 5.41) is 0. The standard InChI is InChI=1S/C6H7F3O3/c7-2-1-5(10)12-6(11)3-4(8)9/h4H,1-3H2. The highest BCUT2D eigenvalue weighted by molar-refractivity contribution is 5.85. The number of hydrogen-bond acceptors (Lipinski definition) is 3. The second-order valence-corrected chi connectivity index (χ2v) is 1.88. The molecule has 0 radical (unpaired) electrons. The van der Waals surface area contributed by atoms with E-state index in [0.717, 1.165) is 0 Å². The summed E-state index contributed by atoms with van der Waals surface area (Å²) in [7, 11) is 0. The van der Waals surface area contributed by atoms with Gasteiger partial charge in [0.15, 0.2) is 0 Å². The topological polar surface area (TPSA) is 43.4 Å². The first-order valence-electron chi connectivity index (χ1n) is 3.14. The van der Waals surface area contributed by atoms with E-state index in [4.69, 9.17) is 0 Å². The van der Waals surface area contributed by atoms with Gasteiger partial charge in [0.1, 0.15) is 6.42 Å². The summed E-state index contributed by atoms with van der Waals surface area (Å²) in [5.74, 6) is -2.45. The van der Waals surface area contributed by atoms with E-state index >= 15 is 0 Å². The quantitative estimate of drug-likeness (QED) is 0.484. The van der Waals surface area contributed by atoms with Gasteiger partial charge in [-0.25, -0.2) is 8.78 Å². The lowest BCUT2D eigenvalue weighted by Crippen LogP contribution is -2.15. The van der Waals surface area contributed by atoms with Crippen molar-refractivity contribution >= 4 is 11.9 Å². The Morgan fingerprint density at radius 1 is 1.25 bits per heavy atom. The number of alkyl halides is 3. The number of hydrogen-bond donors (Lipinski definition) is 0. The molecule has 12 heavy (non-hydrogen) atoms. The summed E-state index contributed by atoms with van der Waals surface area (Å²) in [6, 6.07) is 0. The van der Waals surface area contributed by atoms with E-state index in [-0.39, 0.29) is 0 Å². The molecule has 70 valence electrons. The van der Waals surface area contributed by atoms with Gasteiger partial charge in [-0.15, -0.1) is 0 Å². The Hall–Kier alpha value is -1.07. The number of halogens is 3. The van der Waals surface area contributed by atoms with E-state index in [1.807, 2.05) is 0 Å². The molecule has 0 spiro atoms. The molecule has 0 aliphatic heterocycles. The van der Waals surface area contributed by atoms with Gasteiger partial charge in [0.05, 0.1) is 13.1 Å². The van der Waals surface area contributed by atoms with Crippen LogP contribution in [0.1, 0.15) is 12.8 Å². The molecule has 0 unspecified atom stereocenters. The summed E-state index contributed by atoms with van der Waals surface area (Å²) in [4.78, 5) is 20.6. The van der Waals surface area contributed by atoms with Gasteiger partial charge in [-0.05, 0) is 0 Å². The molecule has 3 nitrogen and oxygen atoms in total. The van der Waals surface area contributed by atoms with Crippen LogP contribution in [0.4, 0.5) is 13.2 Å². The SMILES string of the molecule is O=C(CCF)OC(=O)CC(F)F. The predicted octanol–water partition coefficient (Wildman–Crippen LogP) is 1.07. The zero-order valence-corrected chi connectivity index (χ0v) is 6.06. The fourth-order valence-electron chi connectivity index (χ4n) is 0.423. The number of ether oxygens (including phenoxy) is 1. The third kappa shape index (κ3) is 5.70. The average molecular weight is 184 g/mol. The smallest absolute Gasteiger partial charge is 0.319 e. The third-order valence-electron chi connectivity index (χ3n) is 0.847. The van der Waals surface area contributed by atoms with Crippen LogP contribution in [0.25, 0.3) is 0 Å². The molecule has 0 rings (SSSR count). The average Bonchev–Trinajstić information content (AvgIpc) is 1.84. The van der Waals surface area contributed by atoms with Crippen molar-refractivity contribution in [2.24, 2.45) is 0 Å². The van der Waals surface area contributed by atoms with Crippen LogP contribution in [0, 0.1) is 0 Å². The monoisotopic (exact) mass is 184 g/mol. The van der Waals surface area contributed by atoms with Crippen LogP contribution in [0.5, 0.6) is 0 Å². The largest absolute Gasteiger partial charge is 0.393 e. The van der Waals surface area contributed by atoms with E-state index in [0.29, 0.717) is 0 Å². The Kier molecular flexibility index (Phi) is 5.07. The Balaban J connectivity index is 3.62. The van der Waals surface area contributed by atoms with E-state index in [9.17, 15) is 22.8 Å². The molecule has 0 fully saturated rings. The fraction of sp³-hybridized carbons (Fsp3) is 0.667. The van der Waals surface area contributed by atoms with Gasteiger partial charge in [0.2, 0.25) is 6.43 Å². The highest BCUT2D eigenvalue weighted by Gasteiger charge is 2.15. The highest BCUT2D eigenvalue weighted by atomic mass is 19.3. The van der Waals surface area contributed by atoms with Gasteiger partial charge in [0.25, 0.3) is 0 Å². The van der Waals surface area contributed by atoms with Gasteiger partial charge in [-0.3, -0.25) is 14.0 Å². The predicted molar refractivity (Wildman–Crippen MR) is 32.3 cm³/mol. The maximum absolute atomic E-state index is 11.4. The molecular weight excluding hydrogens is 177 g/mol. The van der Waals surface area contributed by atoms with E-state index in [1.54, 1.807) is 0 Å². The zero-order valence-electron chi connectivity index (χ0n) is 6.06. The van der Waals surface area contributed by atoms with Crippen molar-refractivity contribution in [3.8, 4) is 0 Å². The molecule has 0 aromatic rings. The molecule has 0 saturated carbocycles. The van der Waals surface area contributed by atoms with Gasteiger partial charge in [0, 0.05) is 0 Å². The number of carbonyl (C=O) groups excluding carboxylic acids is 2. The maximum atomic E-state index is 11.4. The second-order valence-electron chi connectivity index (χ2n) is 1.88. The molecule has 0 atom stereocenters. The minimum absolute atomic E-state index is 0.588. The minimum atomic E-state index is -2.85. The van der Waals surface area contributed by atoms with Crippen LogP contribution < -0.4 is 0 Å². The summed E-state index contributed by atoms with van der Waals surface area (Å²) in [5.41, 5.74) is 0. The molecule has 0 N–H and O–H groups in total. The Labute approximate surface area is 66.5 Å². The molecule has 0 aromatic carbocycles. The van der Waals surface area contributed by atoms with Crippen LogP contribution in [0.2, 0.25) is 0 Å². The van der Waals surface area contributed by atoms with Gasteiger partial charge in [-0.1, -0.05) is 0 Å². The first-order valence-corrected chi connectivity index (χ1v) is 3.14. The Morgan fingerprint density at radius 2 is 1.83 bits per heavy atom. The molecule has 0 bridgehead atoms. The van der Waals surface area contributed by atoms with Crippen LogP contribution in [-0.2, 0) is 14.3 Å². The lowest BCUT2D eigenvalue weighted by Gasteiger charge is -1.99. The third-order valence-corrected chi connectivity index (χ3v) is 0.847. The van der Waals surface area contributed by atoms with Crippen molar-refractivity contribution in [1.29, 1.82) is 0 Å². The Morgan fingerprint density at radius 3 is 2.25 bits per heavy atom. The fourth-order valence-corrected chi connectivity index (χ4v) is 0.423. The zero-order chi connectivity index (χ0) is 9.56. The van der Waals surface area contributed by atoms with E-state index < -0.39 is 37.9 Å². The summed E-state index contributed by atoms with van der Waals surface area (Å²) in [6.07, 6.45) is -4.58. The minimum Gasteiger partial charge on any atom is -0.393 e. The van der Waals surface area contributed by atoms with Crippen molar-refractivity contribution in [3.63, 3.8) is 0 Å². The number of rotatable bonds is 4. The summed E-state index contributed by atoms with van der Waals surface area (Å²) < 4.78 is 38.1. The van der Waals surface area contributed by atoms with Crippen LogP contribution in [0.3, 0.4) is 0 Å². The Bertz CT molecular complexity index is 169. The van der Waals surface area contributed by atoms with Crippen LogP contribution in [0.15, 0.2) is 0 Å². The summed E-state index contributed by atoms with van der Waals surface area (Å²) >= 11 is 0. The first kappa shape index (κ1) is 10.9.